The molecule has 0 spiro atoms. The van der Waals surface area contributed by atoms with Crippen LogP contribution in [-0.2, 0) is 17.7 Å². The molecule has 1 aromatic rings. The van der Waals surface area contributed by atoms with Crippen molar-refractivity contribution in [3.8, 4) is 0 Å². The zero-order valence-electron chi connectivity index (χ0n) is 10.6. The number of aryl methyl sites for hydroxylation is 1. The molecule has 1 fully saturated rings. The molecular weight excluding hydrogens is 234 g/mol. The first-order valence-electron chi connectivity index (χ1n) is 6.22. The van der Waals surface area contributed by atoms with E-state index in [1.54, 1.807) is 11.3 Å². The van der Waals surface area contributed by atoms with Crippen molar-refractivity contribution in [2.45, 2.75) is 26.0 Å². The number of nitrogens with one attached hydrogen (secondary N) is 1. The molecule has 5 heteroatoms. The van der Waals surface area contributed by atoms with E-state index in [1.807, 2.05) is 0 Å². The Balaban J connectivity index is 1.68. The van der Waals surface area contributed by atoms with Gasteiger partial charge in [0.05, 0.1) is 23.4 Å². The largest absolute Gasteiger partial charge is 0.374 e. The SMILES string of the molecule is CCc1nc(CNCC2CN(C)CCO2)cs1. The fourth-order valence-electron chi connectivity index (χ4n) is 1.94. The zero-order valence-corrected chi connectivity index (χ0v) is 11.4. The molecule has 1 saturated heterocycles. The Bertz CT molecular complexity index is 342. The van der Waals surface area contributed by atoms with Crippen LogP contribution in [0.1, 0.15) is 17.6 Å². The van der Waals surface area contributed by atoms with Gasteiger partial charge in [-0.3, -0.25) is 0 Å². The highest BCUT2D eigenvalue weighted by Crippen LogP contribution is 2.10. The minimum atomic E-state index is 0.318. The lowest BCUT2D eigenvalue weighted by Crippen LogP contribution is -2.44. The third-order valence-corrected chi connectivity index (χ3v) is 3.96. The summed E-state index contributed by atoms with van der Waals surface area (Å²) >= 11 is 1.75. The summed E-state index contributed by atoms with van der Waals surface area (Å²) in [6.45, 7) is 6.80. The average Bonchev–Trinajstić information content (AvgIpc) is 2.77. The highest BCUT2D eigenvalue weighted by atomic mass is 32.1. The molecule has 0 saturated carbocycles. The minimum absolute atomic E-state index is 0.318. The van der Waals surface area contributed by atoms with Gasteiger partial charge in [0.2, 0.25) is 0 Å². The van der Waals surface area contributed by atoms with Crippen LogP contribution in [0, 0.1) is 0 Å². The fourth-order valence-corrected chi connectivity index (χ4v) is 2.69. The summed E-state index contributed by atoms with van der Waals surface area (Å²) in [5.74, 6) is 0. The molecule has 1 atom stereocenters. The number of aromatic nitrogens is 1. The van der Waals surface area contributed by atoms with Gasteiger partial charge in [0.15, 0.2) is 0 Å². The van der Waals surface area contributed by atoms with Crippen molar-refractivity contribution in [3.63, 3.8) is 0 Å². The van der Waals surface area contributed by atoms with E-state index in [-0.39, 0.29) is 0 Å². The van der Waals surface area contributed by atoms with Crippen LogP contribution in [0.15, 0.2) is 5.38 Å². The van der Waals surface area contributed by atoms with E-state index in [4.69, 9.17) is 4.74 Å². The molecule has 0 radical (unpaired) electrons. The summed E-state index contributed by atoms with van der Waals surface area (Å²) in [5.41, 5.74) is 1.15. The lowest BCUT2D eigenvalue weighted by Gasteiger charge is -2.30. The minimum Gasteiger partial charge on any atom is -0.374 e. The molecule has 2 heterocycles. The van der Waals surface area contributed by atoms with Gasteiger partial charge in [0, 0.05) is 31.6 Å². The third-order valence-electron chi connectivity index (χ3n) is 2.92. The number of hydrogen-bond acceptors (Lipinski definition) is 5. The van der Waals surface area contributed by atoms with Crippen molar-refractivity contribution in [2.24, 2.45) is 0 Å². The number of thiazole rings is 1. The van der Waals surface area contributed by atoms with Gasteiger partial charge in [-0.15, -0.1) is 11.3 Å². The maximum absolute atomic E-state index is 5.69. The van der Waals surface area contributed by atoms with Gasteiger partial charge in [0.1, 0.15) is 0 Å². The third kappa shape index (κ3) is 4.03. The predicted octanol–water partition coefficient (Wildman–Crippen LogP) is 1.13. The van der Waals surface area contributed by atoms with E-state index in [0.29, 0.717) is 6.10 Å². The number of likely N-dealkylation sites (N-methyl/N-ethyl adjacent to an activating group) is 1. The summed E-state index contributed by atoms with van der Waals surface area (Å²) in [6, 6.07) is 0. The summed E-state index contributed by atoms with van der Waals surface area (Å²) in [5, 5.41) is 6.78. The van der Waals surface area contributed by atoms with E-state index in [0.717, 1.165) is 44.9 Å². The van der Waals surface area contributed by atoms with Crippen LogP contribution in [0.3, 0.4) is 0 Å². The van der Waals surface area contributed by atoms with Crippen LogP contribution in [-0.4, -0.2) is 49.3 Å². The van der Waals surface area contributed by atoms with Crippen LogP contribution in [0.2, 0.25) is 0 Å². The Morgan fingerprint density at radius 2 is 2.53 bits per heavy atom. The maximum atomic E-state index is 5.69. The van der Waals surface area contributed by atoms with Crippen molar-refractivity contribution in [1.29, 1.82) is 0 Å². The monoisotopic (exact) mass is 255 g/mol. The van der Waals surface area contributed by atoms with E-state index in [2.05, 4.69) is 34.6 Å². The van der Waals surface area contributed by atoms with E-state index in [9.17, 15) is 0 Å². The van der Waals surface area contributed by atoms with E-state index in [1.165, 1.54) is 5.01 Å². The lowest BCUT2D eigenvalue weighted by molar-refractivity contribution is -0.0182. The number of rotatable bonds is 5. The van der Waals surface area contributed by atoms with Crippen LogP contribution < -0.4 is 5.32 Å². The van der Waals surface area contributed by atoms with Crippen molar-refractivity contribution in [3.05, 3.63) is 16.1 Å². The van der Waals surface area contributed by atoms with Crippen LogP contribution in [0.5, 0.6) is 0 Å². The van der Waals surface area contributed by atoms with Crippen molar-refractivity contribution in [1.82, 2.24) is 15.2 Å². The molecule has 1 aliphatic heterocycles. The first-order chi connectivity index (χ1) is 8.28. The second kappa shape index (κ2) is 6.44. The van der Waals surface area contributed by atoms with Crippen molar-refractivity contribution >= 4 is 11.3 Å². The molecule has 2 rings (SSSR count). The number of hydrogen-bond donors (Lipinski definition) is 1. The van der Waals surface area contributed by atoms with Gasteiger partial charge < -0.3 is 15.0 Å². The van der Waals surface area contributed by atoms with Gasteiger partial charge in [-0.1, -0.05) is 6.92 Å². The lowest BCUT2D eigenvalue weighted by atomic mass is 10.3. The van der Waals surface area contributed by atoms with Crippen LogP contribution >= 0.6 is 11.3 Å². The highest BCUT2D eigenvalue weighted by Gasteiger charge is 2.16. The Morgan fingerprint density at radius 1 is 1.65 bits per heavy atom. The molecule has 4 nitrogen and oxygen atoms in total. The first kappa shape index (κ1) is 13.0. The average molecular weight is 255 g/mol. The molecule has 1 N–H and O–H groups in total. The molecule has 0 amide bonds. The van der Waals surface area contributed by atoms with Crippen LogP contribution in [0.4, 0.5) is 0 Å². The summed E-state index contributed by atoms with van der Waals surface area (Å²) in [4.78, 5) is 6.84. The Kier molecular flexibility index (Phi) is 4.91. The van der Waals surface area contributed by atoms with Gasteiger partial charge in [-0.25, -0.2) is 4.98 Å². The fraction of sp³-hybridized carbons (Fsp3) is 0.750. The predicted molar refractivity (Wildman–Crippen MR) is 70.4 cm³/mol. The molecular formula is C12H21N3OS. The molecule has 1 aromatic heterocycles. The molecule has 0 aliphatic carbocycles. The second-order valence-corrected chi connectivity index (χ2v) is 5.41. The first-order valence-corrected chi connectivity index (χ1v) is 7.10. The summed E-state index contributed by atoms with van der Waals surface area (Å²) in [6.07, 6.45) is 1.35. The molecule has 0 bridgehead atoms. The number of morpholine rings is 1. The number of nitrogens with zero attached hydrogens (tertiary/aromatic N) is 2. The Labute approximate surface area is 107 Å². The van der Waals surface area contributed by atoms with E-state index < -0.39 is 0 Å². The normalized spacial score (nSPS) is 21.9. The number of ether oxygens (including phenoxy) is 1. The van der Waals surface area contributed by atoms with E-state index >= 15 is 0 Å². The second-order valence-electron chi connectivity index (χ2n) is 4.47. The van der Waals surface area contributed by atoms with Crippen molar-refractivity contribution in [2.75, 3.05) is 33.3 Å². The van der Waals surface area contributed by atoms with Gasteiger partial charge in [-0.05, 0) is 13.5 Å². The Morgan fingerprint density at radius 3 is 3.24 bits per heavy atom. The molecule has 1 aliphatic rings. The smallest absolute Gasteiger partial charge is 0.0926 e. The van der Waals surface area contributed by atoms with Gasteiger partial charge in [0.25, 0.3) is 0 Å². The quantitative estimate of drug-likeness (QED) is 0.856. The molecule has 17 heavy (non-hydrogen) atoms. The Hall–Kier alpha value is -0.490. The topological polar surface area (TPSA) is 37.4 Å². The van der Waals surface area contributed by atoms with Gasteiger partial charge >= 0.3 is 0 Å². The summed E-state index contributed by atoms with van der Waals surface area (Å²) in [7, 11) is 2.14. The van der Waals surface area contributed by atoms with Crippen molar-refractivity contribution < 1.29 is 4.74 Å². The molecule has 96 valence electrons. The molecule has 0 aromatic carbocycles. The summed E-state index contributed by atoms with van der Waals surface area (Å²) < 4.78 is 5.69. The van der Waals surface area contributed by atoms with Gasteiger partial charge in [-0.2, -0.15) is 0 Å². The standard InChI is InChI=1S/C12H21N3OS/c1-3-12-14-10(9-17-12)6-13-7-11-8-15(2)4-5-16-11/h9,11,13H,3-8H2,1-2H3. The molecule has 1 unspecified atom stereocenters. The zero-order chi connectivity index (χ0) is 12.1. The van der Waals surface area contributed by atoms with Crippen LogP contribution in [0.25, 0.3) is 0 Å². The highest BCUT2D eigenvalue weighted by molar-refractivity contribution is 7.09. The maximum Gasteiger partial charge on any atom is 0.0926 e.